The first kappa shape index (κ1) is 20.9. The van der Waals surface area contributed by atoms with E-state index in [-0.39, 0.29) is 36.5 Å². The summed E-state index contributed by atoms with van der Waals surface area (Å²) >= 11 is 0. The molecule has 1 amide bonds. The van der Waals surface area contributed by atoms with Crippen molar-refractivity contribution < 1.29 is 9.18 Å². The summed E-state index contributed by atoms with van der Waals surface area (Å²) in [4.78, 5) is 19.3. The molecule has 0 fully saturated rings. The summed E-state index contributed by atoms with van der Waals surface area (Å²) in [6.45, 7) is 0.365. The number of benzene rings is 1. The molecule has 0 saturated heterocycles. The molecule has 1 unspecified atom stereocenters. The van der Waals surface area contributed by atoms with Gasteiger partial charge in [0.05, 0.1) is 6.04 Å². The lowest BCUT2D eigenvalue weighted by Gasteiger charge is -2.12. The fourth-order valence-corrected chi connectivity index (χ4v) is 2.37. The van der Waals surface area contributed by atoms with Crippen molar-refractivity contribution >= 4 is 41.8 Å². The molecule has 3 aromatic rings. The average Bonchev–Trinajstić information content (AvgIpc) is 3.02. The molecule has 1 aromatic carbocycles. The number of fused-ring (bicyclic) bond motifs is 1. The molecule has 1 atom stereocenters. The molecule has 25 heavy (non-hydrogen) atoms. The molecule has 0 aliphatic rings. The lowest BCUT2D eigenvalue weighted by Crippen LogP contribution is -2.41. The molecule has 4 N–H and O–H groups in total. The van der Waals surface area contributed by atoms with E-state index in [1.54, 1.807) is 18.3 Å². The van der Waals surface area contributed by atoms with Gasteiger partial charge in [-0.1, -0.05) is 12.1 Å². The number of aromatic amines is 1. The summed E-state index contributed by atoms with van der Waals surface area (Å²) in [5.41, 5.74) is 8.44. The molecule has 8 heteroatoms. The molecule has 134 valence electrons. The van der Waals surface area contributed by atoms with Crippen LogP contribution in [0.5, 0.6) is 0 Å². The van der Waals surface area contributed by atoms with Gasteiger partial charge in [0.25, 0.3) is 0 Å². The number of carbonyl (C=O) groups is 1. The fourth-order valence-electron chi connectivity index (χ4n) is 2.37. The molecule has 0 aliphatic carbocycles. The van der Waals surface area contributed by atoms with Crippen molar-refractivity contribution in [3.63, 3.8) is 0 Å². The van der Waals surface area contributed by atoms with Gasteiger partial charge in [-0.15, -0.1) is 24.8 Å². The van der Waals surface area contributed by atoms with E-state index in [1.165, 1.54) is 12.1 Å². The van der Waals surface area contributed by atoms with Crippen molar-refractivity contribution in [3.8, 4) is 0 Å². The standard InChI is InChI=1S/C17H17FN4O.2ClH/c18-14-3-1-11(2-4-14)8-15(19)17(23)22-10-12-7-13-5-6-20-16(13)21-9-12;;/h1-7,9,15H,8,10,19H2,(H,20,21)(H,22,23);2*1H. The number of hydrogen-bond donors (Lipinski definition) is 3. The van der Waals surface area contributed by atoms with Crippen LogP contribution in [0.2, 0.25) is 0 Å². The molecule has 0 aliphatic heterocycles. The first-order valence-corrected chi connectivity index (χ1v) is 7.31. The van der Waals surface area contributed by atoms with Crippen LogP contribution >= 0.6 is 24.8 Å². The van der Waals surface area contributed by atoms with Gasteiger partial charge < -0.3 is 16.0 Å². The van der Waals surface area contributed by atoms with Crippen LogP contribution in [0.1, 0.15) is 11.1 Å². The van der Waals surface area contributed by atoms with E-state index in [0.717, 1.165) is 22.2 Å². The largest absolute Gasteiger partial charge is 0.351 e. The number of pyridine rings is 1. The van der Waals surface area contributed by atoms with Gasteiger partial charge in [-0.3, -0.25) is 4.79 Å². The molecule has 3 rings (SSSR count). The Hall–Kier alpha value is -2.15. The summed E-state index contributed by atoms with van der Waals surface area (Å²) in [5, 5.41) is 3.79. The predicted molar refractivity (Wildman–Crippen MR) is 101 cm³/mol. The molecule has 2 heterocycles. The third kappa shape index (κ3) is 5.42. The average molecular weight is 385 g/mol. The molecular formula is C17H19Cl2FN4O. The van der Waals surface area contributed by atoms with Crippen LogP contribution in [-0.2, 0) is 17.8 Å². The van der Waals surface area contributed by atoms with Gasteiger partial charge in [-0.2, -0.15) is 0 Å². The lowest BCUT2D eigenvalue weighted by atomic mass is 10.1. The van der Waals surface area contributed by atoms with Crippen LogP contribution in [0.4, 0.5) is 4.39 Å². The predicted octanol–water partition coefficient (Wildman–Crippen LogP) is 2.73. The number of aromatic nitrogens is 2. The van der Waals surface area contributed by atoms with Crippen molar-refractivity contribution in [2.24, 2.45) is 5.73 Å². The van der Waals surface area contributed by atoms with E-state index in [0.29, 0.717) is 13.0 Å². The third-order valence-corrected chi connectivity index (χ3v) is 3.63. The lowest BCUT2D eigenvalue weighted by molar-refractivity contribution is -0.122. The Labute approximate surface area is 157 Å². The second-order valence-electron chi connectivity index (χ2n) is 5.41. The van der Waals surface area contributed by atoms with Crippen molar-refractivity contribution in [3.05, 3.63) is 65.7 Å². The number of nitrogens with two attached hydrogens (primary N) is 1. The maximum atomic E-state index is 12.9. The first-order valence-electron chi connectivity index (χ1n) is 7.31. The minimum Gasteiger partial charge on any atom is -0.351 e. The Bertz CT molecular complexity index is 823. The Morgan fingerprint density at radius 2 is 1.92 bits per heavy atom. The number of halogens is 3. The van der Waals surface area contributed by atoms with E-state index >= 15 is 0 Å². The van der Waals surface area contributed by atoms with E-state index < -0.39 is 6.04 Å². The zero-order chi connectivity index (χ0) is 16.2. The Morgan fingerprint density at radius 1 is 1.20 bits per heavy atom. The highest BCUT2D eigenvalue weighted by Crippen LogP contribution is 2.11. The van der Waals surface area contributed by atoms with Crippen LogP contribution in [0, 0.1) is 5.82 Å². The van der Waals surface area contributed by atoms with Crippen LogP contribution in [0.15, 0.2) is 48.8 Å². The number of nitrogens with zero attached hydrogens (tertiary/aromatic N) is 1. The summed E-state index contributed by atoms with van der Waals surface area (Å²) in [6.07, 6.45) is 3.89. The van der Waals surface area contributed by atoms with Crippen LogP contribution in [-0.4, -0.2) is 21.9 Å². The van der Waals surface area contributed by atoms with Gasteiger partial charge in [-0.25, -0.2) is 9.37 Å². The Morgan fingerprint density at radius 3 is 2.64 bits per heavy atom. The van der Waals surface area contributed by atoms with Gasteiger partial charge in [0.1, 0.15) is 11.5 Å². The monoisotopic (exact) mass is 384 g/mol. The minimum atomic E-state index is -0.676. The Balaban J connectivity index is 0.00000156. The van der Waals surface area contributed by atoms with E-state index in [2.05, 4.69) is 15.3 Å². The fraction of sp³-hybridized carbons (Fsp3) is 0.176. The van der Waals surface area contributed by atoms with Crippen molar-refractivity contribution in [1.82, 2.24) is 15.3 Å². The second-order valence-corrected chi connectivity index (χ2v) is 5.41. The van der Waals surface area contributed by atoms with Crippen LogP contribution in [0.3, 0.4) is 0 Å². The van der Waals surface area contributed by atoms with E-state index in [1.807, 2.05) is 18.3 Å². The van der Waals surface area contributed by atoms with E-state index in [9.17, 15) is 9.18 Å². The highest BCUT2D eigenvalue weighted by molar-refractivity contribution is 5.85. The maximum absolute atomic E-state index is 12.9. The van der Waals surface area contributed by atoms with Gasteiger partial charge in [0.2, 0.25) is 5.91 Å². The smallest absolute Gasteiger partial charge is 0.237 e. The number of rotatable bonds is 5. The summed E-state index contributed by atoms with van der Waals surface area (Å²) in [7, 11) is 0. The van der Waals surface area contributed by atoms with Crippen molar-refractivity contribution in [2.75, 3.05) is 0 Å². The van der Waals surface area contributed by atoms with Gasteiger partial charge in [0.15, 0.2) is 0 Å². The highest BCUT2D eigenvalue weighted by Gasteiger charge is 2.14. The maximum Gasteiger partial charge on any atom is 0.237 e. The number of carbonyl (C=O) groups excluding carboxylic acids is 1. The molecule has 0 saturated carbocycles. The van der Waals surface area contributed by atoms with Crippen molar-refractivity contribution in [2.45, 2.75) is 19.0 Å². The summed E-state index contributed by atoms with van der Waals surface area (Å²) < 4.78 is 12.9. The zero-order valence-electron chi connectivity index (χ0n) is 13.2. The highest BCUT2D eigenvalue weighted by atomic mass is 35.5. The summed E-state index contributed by atoms with van der Waals surface area (Å²) in [5.74, 6) is -0.553. The van der Waals surface area contributed by atoms with Gasteiger partial charge in [0, 0.05) is 24.3 Å². The second kappa shape index (κ2) is 9.36. The zero-order valence-corrected chi connectivity index (χ0v) is 14.9. The quantitative estimate of drug-likeness (QED) is 0.632. The van der Waals surface area contributed by atoms with Gasteiger partial charge in [-0.05, 0) is 41.8 Å². The van der Waals surface area contributed by atoms with Gasteiger partial charge >= 0.3 is 0 Å². The number of nitrogens with one attached hydrogen (secondary N) is 2. The van der Waals surface area contributed by atoms with Crippen LogP contribution in [0.25, 0.3) is 11.0 Å². The number of hydrogen-bond acceptors (Lipinski definition) is 3. The first-order chi connectivity index (χ1) is 11.1. The normalized spacial score (nSPS) is 11.3. The molecule has 0 spiro atoms. The van der Waals surface area contributed by atoms with Crippen molar-refractivity contribution in [1.29, 1.82) is 0 Å². The minimum absolute atomic E-state index is 0. The number of H-pyrrole nitrogens is 1. The third-order valence-electron chi connectivity index (χ3n) is 3.63. The Kier molecular flexibility index (Phi) is 7.83. The molecular weight excluding hydrogens is 366 g/mol. The van der Waals surface area contributed by atoms with Crippen LogP contribution < -0.4 is 11.1 Å². The molecule has 0 bridgehead atoms. The molecule has 5 nitrogen and oxygen atoms in total. The topological polar surface area (TPSA) is 83.8 Å². The summed E-state index contributed by atoms with van der Waals surface area (Å²) in [6, 6.07) is 9.19. The molecule has 2 aromatic heterocycles. The van der Waals surface area contributed by atoms with E-state index in [4.69, 9.17) is 5.73 Å². The SMILES string of the molecule is Cl.Cl.NC(Cc1ccc(F)cc1)C(=O)NCc1cnc2[nH]ccc2c1. The molecule has 0 radical (unpaired) electrons. The number of amides is 1.